The van der Waals surface area contributed by atoms with Crippen molar-refractivity contribution in [1.29, 1.82) is 0 Å². The summed E-state index contributed by atoms with van der Waals surface area (Å²) in [4.78, 5) is 25.5. The lowest BCUT2D eigenvalue weighted by Crippen LogP contribution is -2.44. The summed E-state index contributed by atoms with van der Waals surface area (Å²) in [6.07, 6.45) is 1.80. The Balaban J connectivity index is 1.46. The molecule has 0 aliphatic heterocycles. The van der Waals surface area contributed by atoms with Crippen molar-refractivity contribution in [3.63, 3.8) is 0 Å². The van der Waals surface area contributed by atoms with Crippen molar-refractivity contribution in [3.8, 4) is 23.0 Å². The van der Waals surface area contributed by atoms with Crippen LogP contribution >= 0.6 is 0 Å². The molecule has 0 saturated carbocycles. The van der Waals surface area contributed by atoms with Gasteiger partial charge in [0, 0.05) is 12.2 Å². The maximum Gasteiger partial charge on any atom is 0.416 e. The monoisotopic (exact) mass is 540 g/mol. The van der Waals surface area contributed by atoms with E-state index in [1.165, 1.54) is 13.8 Å². The molecule has 0 unspecified atom stereocenters. The van der Waals surface area contributed by atoms with Crippen LogP contribution in [0.2, 0.25) is 0 Å². The molecule has 0 saturated heterocycles. The Morgan fingerprint density at radius 1 is 0.450 bits per heavy atom. The number of carbonyl (C=O) groups is 2. The Bertz CT molecular complexity index is 1200. The van der Waals surface area contributed by atoms with Crippen LogP contribution in [0.25, 0.3) is 0 Å². The minimum absolute atomic E-state index is 0.406. The zero-order valence-corrected chi connectivity index (χ0v) is 22.0. The number of esters is 2. The van der Waals surface area contributed by atoms with E-state index in [-0.39, 0.29) is 0 Å². The summed E-state index contributed by atoms with van der Waals surface area (Å²) in [5, 5.41) is 0. The van der Waals surface area contributed by atoms with Crippen molar-refractivity contribution in [2.75, 3.05) is 0 Å². The highest BCUT2D eigenvalue weighted by molar-refractivity contribution is 5.91. The Kier molecular flexibility index (Phi) is 9.04. The van der Waals surface area contributed by atoms with Crippen LogP contribution in [0.1, 0.15) is 13.8 Å². The Labute approximate surface area is 232 Å². The van der Waals surface area contributed by atoms with E-state index in [2.05, 4.69) is 0 Å². The lowest BCUT2D eigenvalue weighted by atomic mass is 10.3. The summed E-state index contributed by atoms with van der Waals surface area (Å²) in [5.41, 5.74) is 0. The highest BCUT2D eigenvalue weighted by Gasteiger charge is 2.36. The molecule has 4 rings (SSSR count). The van der Waals surface area contributed by atoms with Gasteiger partial charge in [-0.15, -0.1) is 0 Å². The third kappa shape index (κ3) is 8.66. The van der Waals surface area contributed by atoms with Gasteiger partial charge in [-0.25, -0.2) is 9.59 Å². The average Bonchev–Trinajstić information content (AvgIpc) is 2.93. The van der Waals surface area contributed by atoms with Crippen LogP contribution in [0, 0.1) is 0 Å². The van der Waals surface area contributed by atoms with Gasteiger partial charge >= 0.3 is 23.9 Å². The van der Waals surface area contributed by atoms with E-state index < -0.39 is 23.9 Å². The Hall–Kier alpha value is -5.24. The van der Waals surface area contributed by atoms with Crippen LogP contribution < -0.4 is 18.9 Å². The quantitative estimate of drug-likeness (QED) is 0.118. The molecular formula is C32H28O8. The minimum Gasteiger partial charge on any atom is -0.421 e. The molecule has 0 fully saturated rings. The molecule has 8 heteroatoms. The van der Waals surface area contributed by atoms with Crippen molar-refractivity contribution in [2.24, 2.45) is 0 Å². The number of para-hydroxylation sites is 4. The fourth-order valence-corrected chi connectivity index (χ4v) is 3.51. The van der Waals surface area contributed by atoms with E-state index in [0.29, 0.717) is 23.0 Å². The van der Waals surface area contributed by atoms with Crippen molar-refractivity contribution >= 4 is 11.9 Å². The molecule has 0 N–H and O–H groups in total. The molecule has 4 aromatic rings. The van der Waals surface area contributed by atoms with Gasteiger partial charge in [-0.1, -0.05) is 72.8 Å². The first-order chi connectivity index (χ1) is 19.3. The maximum absolute atomic E-state index is 12.8. The average molecular weight is 541 g/mol. The second-order valence-corrected chi connectivity index (χ2v) is 8.56. The SMILES string of the molecule is CC(OC(=O)/C=C\C(=O)OC(C)(Oc1ccccc1)Oc1ccccc1)(Oc1ccccc1)Oc1ccccc1. The molecule has 0 heterocycles. The molecule has 0 aromatic heterocycles. The van der Waals surface area contributed by atoms with Gasteiger partial charge in [-0.2, -0.15) is 0 Å². The van der Waals surface area contributed by atoms with E-state index in [1.807, 2.05) is 24.3 Å². The number of rotatable bonds is 12. The normalized spacial score (nSPS) is 11.3. The second kappa shape index (κ2) is 13.0. The highest BCUT2D eigenvalue weighted by Crippen LogP contribution is 2.26. The standard InChI is InChI=1S/C32H28O8/c1-31(35-25-15-7-3-8-16-25,36-26-17-9-4-10-18-26)39-29(33)23-24-30(34)40-32(2,37-27-19-11-5-12-20-27)38-28-21-13-6-14-22-28/h3-24H,1-2H3/b24-23-. The van der Waals surface area contributed by atoms with Crippen LogP contribution in [0.3, 0.4) is 0 Å². The summed E-state index contributed by atoms with van der Waals surface area (Å²) in [6.45, 7) is 2.88. The van der Waals surface area contributed by atoms with Crippen LogP contribution in [0.4, 0.5) is 0 Å². The Morgan fingerprint density at radius 3 is 0.900 bits per heavy atom. The summed E-state index contributed by atoms with van der Waals surface area (Å²) in [6, 6.07) is 34.9. The molecule has 204 valence electrons. The number of hydrogen-bond acceptors (Lipinski definition) is 8. The zero-order chi connectivity index (χ0) is 28.3. The topological polar surface area (TPSA) is 89.5 Å². The molecule has 0 radical (unpaired) electrons. The van der Waals surface area contributed by atoms with Gasteiger partial charge in [0.15, 0.2) is 0 Å². The van der Waals surface area contributed by atoms with Crippen molar-refractivity contribution in [1.82, 2.24) is 0 Å². The largest absolute Gasteiger partial charge is 0.421 e. The molecule has 0 aliphatic rings. The molecule has 4 aromatic carbocycles. The van der Waals surface area contributed by atoms with Crippen molar-refractivity contribution in [2.45, 2.75) is 25.8 Å². The summed E-state index contributed by atoms with van der Waals surface area (Å²) < 4.78 is 34.3. The zero-order valence-electron chi connectivity index (χ0n) is 22.0. The first kappa shape index (κ1) is 27.8. The van der Waals surface area contributed by atoms with Gasteiger partial charge in [0.25, 0.3) is 0 Å². The number of ether oxygens (including phenoxy) is 6. The van der Waals surface area contributed by atoms with Crippen molar-refractivity contribution in [3.05, 3.63) is 133 Å². The lowest BCUT2D eigenvalue weighted by molar-refractivity contribution is -0.273. The van der Waals surface area contributed by atoms with Gasteiger partial charge < -0.3 is 28.4 Å². The molecule has 8 nitrogen and oxygen atoms in total. The van der Waals surface area contributed by atoms with E-state index in [9.17, 15) is 9.59 Å². The third-order valence-electron chi connectivity index (χ3n) is 5.11. The van der Waals surface area contributed by atoms with E-state index in [4.69, 9.17) is 28.4 Å². The number of hydrogen-bond donors (Lipinski definition) is 0. The van der Waals surface area contributed by atoms with Crippen molar-refractivity contribution < 1.29 is 38.0 Å². The first-order valence-electron chi connectivity index (χ1n) is 12.4. The van der Waals surface area contributed by atoms with E-state index in [1.54, 1.807) is 97.1 Å². The van der Waals surface area contributed by atoms with E-state index in [0.717, 1.165) is 12.2 Å². The molecule has 0 bridgehead atoms. The predicted molar refractivity (Wildman–Crippen MR) is 146 cm³/mol. The lowest BCUT2D eigenvalue weighted by Gasteiger charge is -2.30. The molecule has 0 aliphatic carbocycles. The van der Waals surface area contributed by atoms with Gasteiger partial charge in [0.05, 0.1) is 13.8 Å². The van der Waals surface area contributed by atoms with Gasteiger partial charge in [0.1, 0.15) is 23.0 Å². The molecule has 0 spiro atoms. The predicted octanol–water partition coefficient (Wildman–Crippen LogP) is 6.29. The smallest absolute Gasteiger partial charge is 0.416 e. The summed E-state index contributed by atoms with van der Waals surface area (Å²) >= 11 is 0. The van der Waals surface area contributed by atoms with Gasteiger partial charge in [-0.05, 0) is 48.5 Å². The number of benzene rings is 4. The highest BCUT2D eigenvalue weighted by atomic mass is 16.9. The number of carbonyl (C=O) groups excluding carboxylic acids is 2. The fourth-order valence-electron chi connectivity index (χ4n) is 3.51. The van der Waals surface area contributed by atoms with Crippen LogP contribution in [0.15, 0.2) is 133 Å². The molecule has 0 atom stereocenters. The molecule has 0 amide bonds. The van der Waals surface area contributed by atoms with Crippen LogP contribution in [-0.4, -0.2) is 23.9 Å². The molecule has 40 heavy (non-hydrogen) atoms. The minimum atomic E-state index is -1.85. The summed E-state index contributed by atoms with van der Waals surface area (Å²) in [5.74, 6) is -3.91. The summed E-state index contributed by atoms with van der Waals surface area (Å²) in [7, 11) is 0. The third-order valence-corrected chi connectivity index (χ3v) is 5.11. The Morgan fingerprint density at radius 2 is 0.675 bits per heavy atom. The second-order valence-electron chi connectivity index (χ2n) is 8.56. The van der Waals surface area contributed by atoms with Crippen LogP contribution in [-0.2, 0) is 19.1 Å². The van der Waals surface area contributed by atoms with Gasteiger partial charge in [-0.3, -0.25) is 0 Å². The van der Waals surface area contributed by atoms with Crippen LogP contribution in [0.5, 0.6) is 23.0 Å². The van der Waals surface area contributed by atoms with Gasteiger partial charge in [0.2, 0.25) is 0 Å². The van der Waals surface area contributed by atoms with E-state index >= 15 is 0 Å². The first-order valence-corrected chi connectivity index (χ1v) is 12.4. The maximum atomic E-state index is 12.8. The fraction of sp³-hybridized carbons (Fsp3) is 0.125. The molecular weight excluding hydrogens is 512 g/mol.